The quantitative estimate of drug-likeness (QED) is 0.287. The Morgan fingerprint density at radius 3 is 2.33 bits per heavy atom. The van der Waals surface area contributed by atoms with Gasteiger partial charge in [-0.25, -0.2) is 0 Å². The third kappa shape index (κ3) is 6.49. The molecule has 0 saturated heterocycles. The van der Waals surface area contributed by atoms with E-state index in [1.807, 2.05) is 0 Å². The van der Waals surface area contributed by atoms with Crippen molar-refractivity contribution in [3.05, 3.63) is 105 Å². The highest BCUT2D eigenvalue weighted by molar-refractivity contribution is 6.30. The van der Waals surface area contributed by atoms with Crippen LogP contribution in [0.2, 0.25) is 5.02 Å². The zero-order chi connectivity index (χ0) is 23.8. The molecule has 33 heavy (non-hydrogen) atoms. The fourth-order valence-corrected chi connectivity index (χ4v) is 3.16. The number of H-pyrrole nitrogens is 1. The second kappa shape index (κ2) is 11.0. The highest BCUT2D eigenvalue weighted by Crippen LogP contribution is 2.20. The number of aromatic amines is 1. The van der Waals surface area contributed by atoms with Gasteiger partial charge >= 0.3 is 0 Å². The van der Waals surface area contributed by atoms with Crippen molar-refractivity contribution in [3.8, 4) is 0 Å². The van der Waals surface area contributed by atoms with Crippen molar-refractivity contribution in [3.63, 3.8) is 0 Å². The lowest BCUT2D eigenvalue weighted by molar-refractivity contribution is 0.102. The van der Waals surface area contributed by atoms with Crippen molar-refractivity contribution in [1.82, 2.24) is 10.3 Å². The maximum absolute atomic E-state index is 12.5. The molecule has 0 unspecified atom stereocenters. The normalized spacial score (nSPS) is 11.0. The number of hydrogen-bond donors (Lipinski definition) is 6. The first-order valence-electron chi connectivity index (χ1n) is 10.1. The zero-order valence-electron chi connectivity index (χ0n) is 17.8. The van der Waals surface area contributed by atoms with E-state index in [0.717, 1.165) is 0 Å². The molecule has 0 aliphatic heterocycles. The first kappa shape index (κ1) is 23.6. The van der Waals surface area contributed by atoms with E-state index >= 15 is 0 Å². The fourth-order valence-electron chi connectivity index (χ4n) is 3.04. The van der Waals surface area contributed by atoms with E-state index in [2.05, 4.69) is 27.5 Å². The third-order valence-electron chi connectivity index (χ3n) is 4.62. The topological polar surface area (TPSA) is 138 Å². The second-order valence-corrected chi connectivity index (χ2v) is 7.53. The zero-order valence-corrected chi connectivity index (χ0v) is 18.6. The Labute approximate surface area is 196 Å². The number of rotatable bonds is 9. The van der Waals surface area contributed by atoms with E-state index < -0.39 is 0 Å². The molecule has 0 aliphatic carbocycles. The van der Waals surface area contributed by atoms with Crippen molar-refractivity contribution < 1.29 is 4.79 Å². The molecule has 0 aliphatic rings. The molecule has 0 fully saturated rings. The van der Waals surface area contributed by atoms with Crippen LogP contribution in [0.5, 0.6) is 0 Å². The predicted molar refractivity (Wildman–Crippen MR) is 135 cm³/mol. The van der Waals surface area contributed by atoms with Gasteiger partial charge in [0.05, 0.1) is 11.4 Å². The van der Waals surface area contributed by atoms with Gasteiger partial charge in [0.1, 0.15) is 0 Å². The number of aromatic nitrogens is 1. The number of nitrogens with two attached hydrogens (primary N) is 2. The van der Waals surface area contributed by atoms with Crippen molar-refractivity contribution in [1.29, 1.82) is 0 Å². The second-order valence-electron chi connectivity index (χ2n) is 7.09. The van der Waals surface area contributed by atoms with E-state index in [1.54, 1.807) is 60.7 Å². The number of carbonyl (C=O) groups excluding carboxylic acids is 1. The molecule has 8 nitrogen and oxygen atoms in total. The van der Waals surface area contributed by atoms with Gasteiger partial charge in [0.25, 0.3) is 11.5 Å². The van der Waals surface area contributed by atoms with Crippen molar-refractivity contribution in [2.45, 2.75) is 0 Å². The molecule has 170 valence electrons. The van der Waals surface area contributed by atoms with E-state index in [-0.39, 0.29) is 11.5 Å². The van der Waals surface area contributed by atoms with E-state index in [1.165, 1.54) is 6.20 Å². The van der Waals surface area contributed by atoms with Gasteiger partial charge < -0.3 is 32.4 Å². The lowest BCUT2D eigenvalue weighted by Crippen LogP contribution is -2.26. The summed E-state index contributed by atoms with van der Waals surface area (Å²) in [7, 11) is 0. The minimum atomic E-state index is -0.313. The number of anilines is 2. The van der Waals surface area contributed by atoms with Gasteiger partial charge in [0.2, 0.25) is 0 Å². The van der Waals surface area contributed by atoms with Gasteiger partial charge in [0.15, 0.2) is 0 Å². The van der Waals surface area contributed by atoms with Crippen LogP contribution in [0, 0.1) is 0 Å². The van der Waals surface area contributed by atoms with Crippen LogP contribution in [0.3, 0.4) is 0 Å². The van der Waals surface area contributed by atoms with Crippen molar-refractivity contribution in [2.24, 2.45) is 11.5 Å². The summed E-state index contributed by atoms with van der Waals surface area (Å²) in [5.41, 5.74) is 14.2. The standard InChI is InChI=1S/C24H25ClN6O2/c1-15(22-17(10-12-29-24(22)33)14-21(27)28-13-11-26)30-19-6-2-16(3-7-19)23(32)31-20-8-4-18(25)5-9-20/h2-10,12,14,28,30H,1,11,13,26-27H2,(H,29,33)(H,31,32)/b21-14+. The number of pyridine rings is 1. The number of benzene rings is 2. The van der Waals surface area contributed by atoms with Crippen LogP contribution in [-0.4, -0.2) is 24.0 Å². The average Bonchev–Trinajstić information content (AvgIpc) is 2.79. The largest absolute Gasteiger partial charge is 0.386 e. The van der Waals surface area contributed by atoms with Gasteiger partial charge in [-0.15, -0.1) is 0 Å². The number of hydrogen-bond acceptors (Lipinski definition) is 6. The SMILES string of the molecule is C=C(Nc1ccc(C(=O)Nc2ccc(Cl)cc2)cc1)c1c(/C=C(\N)NCCN)cc[nH]c1=O. The minimum Gasteiger partial charge on any atom is -0.386 e. The third-order valence-corrected chi connectivity index (χ3v) is 4.88. The van der Waals surface area contributed by atoms with Crippen molar-refractivity contribution in [2.75, 3.05) is 23.7 Å². The summed E-state index contributed by atoms with van der Waals surface area (Å²) >= 11 is 5.87. The fraction of sp³-hybridized carbons (Fsp3) is 0.0833. The molecule has 1 amide bonds. The number of carbonyl (C=O) groups is 1. The molecule has 0 radical (unpaired) electrons. The summed E-state index contributed by atoms with van der Waals surface area (Å²) in [6.07, 6.45) is 3.19. The average molecular weight is 465 g/mol. The van der Waals surface area contributed by atoms with Gasteiger partial charge in [0, 0.05) is 46.9 Å². The Balaban J connectivity index is 1.73. The molecule has 0 spiro atoms. The Morgan fingerprint density at radius 1 is 1.03 bits per heavy atom. The molecule has 0 atom stereocenters. The van der Waals surface area contributed by atoms with E-state index in [0.29, 0.717) is 57.7 Å². The van der Waals surface area contributed by atoms with Gasteiger partial charge in [-0.05, 0) is 66.2 Å². The van der Waals surface area contributed by atoms with Crippen LogP contribution in [0.25, 0.3) is 11.8 Å². The van der Waals surface area contributed by atoms with Crippen molar-refractivity contribution >= 4 is 40.7 Å². The first-order chi connectivity index (χ1) is 15.9. The number of amides is 1. The minimum absolute atomic E-state index is 0.255. The molecule has 2 aromatic carbocycles. The van der Waals surface area contributed by atoms with Crippen LogP contribution in [-0.2, 0) is 0 Å². The van der Waals surface area contributed by atoms with Crippen LogP contribution >= 0.6 is 11.6 Å². The predicted octanol–water partition coefficient (Wildman–Crippen LogP) is 3.17. The smallest absolute Gasteiger partial charge is 0.257 e. The van der Waals surface area contributed by atoms with Gasteiger partial charge in [-0.1, -0.05) is 18.2 Å². The molecule has 1 heterocycles. The van der Waals surface area contributed by atoms with Crippen LogP contribution in [0.1, 0.15) is 21.5 Å². The molecule has 9 heteroatoms. The maximum Gasteiger partial charge on any atom is 0.257 e. The lowest BCUT2D eigenvalue weighted by Gasteiger charge is -2.13. The maximum atomic E-state index is 12.5. The molecule has 8 N–H and O–H groups in total. The number of halogens is 1. The van der Waals surface area contributed by atoms with E-state index in [9.17, 15) is 9.59 Å². The molecular weight excluding hydrogens is 440 g/mol. The van der Waals surface area contributed by atoms with Gasteiger partial charge in [-0.2, -0.15) is 0 Å². The van der Waals surface area contributed by atoms with Crippen LogP contribution < -0.4 is 33.0 Å². The Morgan fingerprint density at radius 2 is 1.67 bits per heavy atom. The monoisotopic (exact) mass is 464 g/mol. The molecule has 3 aromatic rings. The highest BCUT2D eigenvalue weighted by Gasteiger charge is 2.11. The molecular formula is C24H25ClN6O2. The Bertz CT molecular complexity index is 1220. The summed E-state index contributed by atoms with van der Waals surface area (Å²) in [6.45, 7) is 4.94. The summed E-state index contributed by atoms with van der Waals surface area (Å²) in [6, 6.07) is 15.4. The summed E-state index contributed by atoms with van der Waals surface area (Å²) in [5, 5.41) is 9.46. The lowest BCUT2D eigenvalue weighted by atomic mass is 10.1. The highest BCUT2D eigenvalue weighted by atomic mass is 35.5. The molecule has 0 saturated carbocycles. The number of nitrogens with one attached hydrogen (secondary N) is 4. The first-order valence-corrected chi connectivity index (χ1v) is 10.5. The molecule has 3 rings (SSSR count). The van der Waals surface area contributed by atoms with Crippen LogP contribution in [0.15, 0.2) is 78.0 Å². The van der Waals surface area contributed by atoms with E-state index in [4.69, 9.17) is 23.1 Å². The molecule has 0 bridgehead atoms. The Hall–Kier alpha value is -4.01. The van der Waals surface area contributed by atoms with Gasteiger partial charge in [-0.3, -0.25) is 9.59 Å². The molecule has 1 aromatic heterocycles. The Kier molecular flexibility index (Phi) is 7.91. The van der Waals surface area contributed by atoms with Crippen LogP contribution in [0.4, 0.5) is 11.4 Å². The summed E-state index contributed by atoms with van der Waals surface area (Å²) in [5.74, 6) is 0.131. The summed E-state index contributed by atoms with van der Waals surface area (Å²) in [4.78, 5) is 27.6. The summed E-state index contributed by atoms with van der Waals surface area (Å²) < 4.78 is 0.